The first kappa shape index (κ1) is 12.7. The Hall–Kier alpha value is -0.380. The van der Waals surface area contributed by atoms with E-state index in [0.29, 0.717) is 6.04 Å². The number of aryl methyl sites for hydroxylation is 1. The van der Waals surface area contributed by atoms with Gasteiger partial charge >= 0.3 is 0 Å². The fourth-order valence-corrected chi connectivity index (χ4v) is 2.43. The summed E-state index contributed by atoms with van der Waals surface area (Å²) in [6, 6.07) is 2.82. The van der Waals surface area contributed by atoms with Crippen molar-refractivity contribution < 1.29 is 0 Å². The Bertz CT molecular complexity index is 281. The monoisotopic (exact) mass is 226 g/mol. The zero-order valence-corrected chi connectivity index (χ0v) is 11.0. The molecule has 0 aliphatic heterocycles. The molecule has 0 saturated carbocycles. The molecule has 86 valence electrons. The van der Waals surface area contributed by atoms with Gasteiger partial charge in [-0.2, -0.15) is 0 Å². The Kier molecular flexibility index (Phi) is 5.29. The van der Waals surface area contributed by atoms with Gasteiger partial charge in [-0.15, -0.1) is 11.3 Å². The summed E-state index contributed by atoms with van der Waals surface area (Å²) in [7, 11) is 4.25. The first-order valence-electron chi connectivity index (χ1n) is 5.56. The van der Waals surface area contributed by atoms with E-state index in [1.54, 1.807) is 0 Å². The predicted molar refractivity (Wildman–Crippen MR) is 68.6 cm³/mol. The topological polar surface area (TPSA) is 15.3 Å². The minimum atomic E-state index is 0.516. The molecule has 1 rings (SSSR count). The van der Waals surface area contributed by atoms with E-state index in [2.05, 4.69) is 49.6 Å². The van der Waals surface area contributed by atoms with Crippen LogP contribution in [-0.4, -0.2) is 32.1 Å². The molecule has 1 N–H and O–H groups in total. The third kappa shape index (κ3) is 4.33. The maximum Gasteiger partial charge on any atom is 0.0340 e. The molecule has 1 aromatic heterocycles. The molecule has 1 unspecified atom stereocenters. The number of thiophene rings is 1. The summed E-state index contributed by atoms with van der Waals surface area (Å²) < 4.78 is 0. The average Bonchev–Trinajstić information content (AvgIpc) is 2.59. The first-order valence-corrected chi connectivity index (χ1v) is 6.44. The summed E-state index contributed by atoms with van der Waals surface area (Å²) in [5.74, 6) is 0. The second-order valence-electron chi connectivity index (χ2n) is 4.19. The molecule has 0 spiro atoms. The molecule has 0 radical (unpaired) electrons. The summed E-state index contributed by atoms with van der Waals surface area (Å²) in [6.07, 6.45) is 1.18. The lowest BCUT2D eigenvalue weighted by Crippen LogP contribution is -2.25. The molecule has 0 saturated heterocycles. The van der Waals surface area contributed by atoms with Gasteiger partial charge in [-0.3, -0.25) is 0 Å². The van der Waals surface area contributed by atoms with Gasteiger partial charge in [0.15, 0.2) is 0 Å². The van der Waals surface area contributed by atoms with Gasteiger partial charge in [-0.25, -0.2) is 0 Å². The van der Waals surface area contributed by atoms with Crippen molar-refractivity contribution in [2.45, 2.75) is 26.3 Å². The molecule has 0 aliphatic carbocycles. The lowest BCUT2D eigenvalue weighted by Gasteiger charge is -2.19. The highest BCUT2D eigenvalue weighted by molar-refractivity contribution is 7.10. The van der Waals surface area contributed by atoms with Crippen molar-refractivity contribution in [1.82, 2.24) is 10.2 Å². The minimum absolute atomic E-state index is 0.516. The Labute approximate surface area is 97.3 Å². The molecule has 3 heteroatoms. The molecule has 2 nitrogen and oxygen atoms in total. The first-order chi connectivity index (χ1) is 7.13. The Morgan fingerprint density at radius 2 is 2.20 bits per heavy atom. The zero-order valence-electron chi connectivity index (χ0n) is 10.2. The molecule has 1 aromatic rings. The third-order valence-electron chi connectivity index (χ3n) is 2.47. The van der Waals surface area contributed by atoms with Gasteiger partial charge in [0.2, 0.25) is 0 Å². The van der Waals surface area contributed by atoms with E-state index in [0.717, 1.165) is 13.1 Å². The number of hydrogen-bond donors (Lipinski definition) is 1. The fourth-order valence-electron chi connectivity index (χ4n) is 1.67. The quantitative estimate of drug-likeness (QED) is 0.802. The number of nitrogens with one attached hydrogen (secondary N) is 1. The minimum Gasteiger partial charge on any atom is -0.310 e. The van der Waals surface area contributed by atoms with Crippen molar-refractivity contribution in [1.29, 1.82) is 0 Å². The van der Waals surface area contributed by atoms with Gasteiger partial charge in [-0.05, 0) is 57.5 Å². The van der Waals surface area contributed by atoms with Crippen molar-refractivity contribution in [2.75, 3.05) is 27.2 Å². The summed E-state index contributed by atoms with van der Waals surface area (Å²) in [4.78, 5) is 3.64. The molecule has 0 aliphatic rings. The molecule has 1 atom stereocenters. The van der Waals surface area contributed by atoms with E-state index < -0.39 is 0 Å². The van der Waals surface area contributed by atoms with Crippen LogP contribution in [0.25, 0.3) is 0 Å². The third-order valence-corrected chi connectivity index (χ3v) is 3.35. The second-order valence-corrected chi connectivity index (χ2v) is 5.31. The van der Waals surface area contributed by atoms with Gasteiger partial charge < -0.3 is 10.2 Å². The average molecular weight is 226 g/mol. The van der Waals surface area contributed by atoms with Gasteiger partial charge in [0.1, 0.15) is 0 Å². The van der Waals surface area contributed by atoms with Gasteiger partial charge in [0.05, 0.1) is 0 Å². The maximum atomic E-state index is 3.55. The van der Waals surface area contributed by atoms with Gasteiger partial charge in [0.25, 0.3) is 0 Å². The molecular formula is C12H22N2S. The number of rotatable bonds is 6. The summed E-state index contributed by atoms with van der Waals surface area (Å²) in [6.45, 7) is 6.50. The van der Waals surface area contributed by atoms with Crippen molar-refractivity contribution in [3.8, 4) is 0 Å². The van der Waals surface area contributed by atoms with Crippen molar-refractivity contribution in [2.24, 2.45) is 0 Å². The molecule has 0 aromatic carbocycles. The molecule has 0 bridgehead atoms. The van der Waals surface area contributed by atoms with Crippen LogP contribution in [0.5, 0.6) is 0 Å². The molecular weight excluding hydrogens is 204 g/mol. The van der Waals surface area contributed by atoms with Gasteiger partial charge in [-0.1, -0.05) is 6.92 Å². The highest BCUT2D eigenvalue weighted by atomic mass is 32.1. The molecule has 0 amide bonds. The van der Waals surface area contributed by atoms with E-state index in [9.17, 15) is 0 Å². The zero-order chi connectivity index (χ0) is 11.3. The van der Waals surface area contributed by atoms with Crippen LogP contribution in [0, 0.1) is 6.92 Å². The Morgan fingerprint density at radius 1 is 1.47 bits per heavy atom. The van der Waals surface area contributed by atoms with Crippen LogP contribution in [0.4, 0.5) is 0 Å². The van der Waals surface area contributed by atoms with E-state index in [-0.39, 0.29) is 0 Å². The second kappa shape index (κ2) is 6.26. The van der Waals surface area contributed by atoms with Crippen LogP contribution < -0.4 is 5.32 Å². The smallest absolute Gasteiger partial charge is 0.0340 e. The SMILES string of the molecule is CCNC(CCN(C)C)c1csc(C)c1. The van der Waals surface area contributed by atoms with Crippen LogP contribution in [0.3, 0.4) is 0 Å². The van der Waals surface area contributed by atoms with Crippen LogP contribution >= 0.6 is 11.3 Å². The van der Waals surface area contributed by atoms with Crippen molar-refractivity contribution >= 4 is 11.3 Å². The molecule has 0 fully saturated rings. The Morgan fingerprint density at radius 3 is 2.67 bits per heavy atom. The highest BCUT2D eigenvalue weighted by Crippen LogP contribution is 2.22. The maximum absolute atomic E-state index is 3.55. The summed E-state index contributed by atoms with van der Waals surface area (Å²) in [5.41, 5.74) is 1.45. The fraction of sp³-hybridized carbons (Fsp3) is 0.667. The Balaban J connectivity index is 2.57. The largest absolute Gasteiger partial charge is 0.310 e. The molecule has 15 heavy (non-hydrogen) atoms. The van der Waals surface area contributed by atoms with Crippen LogP contribution in [0.1, 0.15) is 29.8 Å². The van der Waals surface area contributed by atoms with E-state index in [1.807, 2.05) is 11.3 Å². The van der Waals surface area contributed by atoms with Crippen molar-refractivity contribution in [3.05, 3.63) is 21.9 Å². The lowest BCUT2D eigenvalue weighted by atomic mass is 10.1. The summed E-state index contributed by atoms with van der Waals surface area (Å²) in [5, 5.41) is 5.82. The van der Waals surface area contributed by atoms with E-state index in [4.69, 9.17) is 0 Å². The normalized spacial score (nSPS) is 13.4. The van der Waals surface area contributed by atoms with Crippen LogP contribution in [0.15, 0.2) is 11.4 Å². The lowest BCUT2D eigenvalue weighted by molar-refractivity contribution is 0.363. The predicted octanol–water partition coefficient (Wildman–Crippen LogP) is 2.66. The number of nitrogens with zero attached hydrogens (tertiary/aromatic N) is 1. The van der Waals surface area contributed by atoms with E-state index in [1.165, 1.54) is 16.9 Å². The standard InChI is InChI=1S/C12H22N2S/c1-5-13-12(6-7-14(3)4)11-8-10(2)15-9-11/h8-9,12-13H,5-7H2,1-4H3. The van der Waals surface area contributed by atoms with Crippen LogP contribution in [0.2, 0.25) is 0 Å². The molecule has 1 heterocycles. The van der Waals surface area contributed by atoms with Gasteiger partial charge in [0, 0.05) is 10.9 Å². The summed E-state index contributed by atoms with van der Waals surface area (Å²) >= 11 is 1.84. The highest BCUT2D eigenvalue weighted by Gasteiger charge is 2.11. The number of hydrogen-bond acceptors (Lipinski definition) is 3. The van der Waals surface area contributed by atoms with Crippen LogP contribution in [-0.2, 0) is 0 Å². The van der Waals surface area contributed by atoms with E-state index >= 15 is 0 Å². The van der Waals surface area contributed by atoms with Crippen molar-refractivity contribution in [3.63, 3.8) is 0 Å².